The Balaban J connectivity index is 4.62. The van der Waals surface area contributed by atoms with Gasteiger partial charge in [-0.25, -0.2) is 0 Å². The minimum Gasteiger partial charge on any atom is -0.459 e. The highest BCUT2D eigenvalue weighted by molar-refractivity contribution is 5.95. The van der Waals surface area contributed by atoms with Crippen LogP contribution >= 0.6 is 0 Å². The number of rotatable bonds is 3. The second kappa shape index (κ2) is 5.49. The molecule has 0 aliphatic rings. The molecule has 5 nitrogen and oxygen atoms in total. The van der Waals surface area contributed by atoms with Crippen LogP contribution in [0.1, 0.15) is 41.5 Å². The molecule has 5 heteroatoms. The first kappa shape index (κ1) is 15.9. The summed E-state index contributed by atoms with van der Waals surface area (Å²) in [6, 6.07) is 0. The predicted octanol–water partition coefficient (Wildman–Crippen LogP) is 1.28. The summed E-state index contributed by atoms with van der Waals surface area (Å²) < 4.78 is 10.1. The molecular formula is C12H22O5. The van der Waals surface area contributed by atoms with Gasteiger partial charge in [0, 0.05) is 0 Å². The van der Waals surface area contributed by atoms with Crippen molar-refractivity contribution in [2.45, 2.75) is 52.7 Å². The third kappa shape index (κ3) is 6.94. The van der Waals surface area contributed by atoms with Gasteiger partial charge in [-0.1, -0.05) is 0 Å². The van der Waals surface area contributed by atoms with Crippen LogP contribution in [0.25, 0.3) is 0 Å². The molecule has 0 fully saturated rings. The normalized spacial score (nSPS) is 12.5. The van der Waals surface area contributed by atoms with Crippen LogP contribution in [0.4, 0.5) is 0 Å². The molecule has 100 valence electrons. The highest BCUT2D eigenvalue weighted by Gasteiger charge is 2.34. The minimum absolute atomic E-state index is 0.621. The second-order valence-corrected chi connectivity index (χ2v) is 5.80. The Kier molecular flexibility index (Phi) is 5.13. The van der Waals surface area contributed by atoms with Gasteiger partial charge in [0.25, 0.3) is 0 Å². The Bertz CT molecular complexity index is 254. The maximum Gasteiger partial charge on any atom is 0.323 e. The van der Waals surface area contributed by atoms with E-state index in [1.807, 2.05) is 0 Å². The summed E-state index contributed by atoms with van der Waals surface area (Å²) in [5, 5.41) is 9.06. The van der Waals surface area contributed by atoms with Gasteiger partial charge >= 0.3 is 11.9 Å². The fourth-order valence-electron chi connectivity index (χ4n) is 0.991. The minimum atomic E-state index is -1.28. The van der Waals surface area contributed by atoms with Crippen LogP contribution in [-0.2, 0) is 19.1 Å². The van der Waals surface area contributed by atoms with Crippen molar-refractivity contribution in [2.75, 3.05) is 6.61 Å². The summed E-state index contributed by atoms with van der Waals surface area (Å²) in [5.41, 5.74) is -1.40. The average Bonchev–Trinajstić information content (AvgIpc) is 1.96. The van der Waals surface area contributed by atoms with Crippen LogP contribution in [-0.4, -0.2) is 34.9 Å². The van der Waals surface area contributed by atoms with Gasteiger partial charge < -0.3 is 14.6 Å². The lowest BCUT2D eigenvalue weighted by Crippen LogP contribution is -2.38. The first-order chi connectivity index (χ1) is 7.46. The molecule has 0 aromatic heterocycles. The van der Waals surface area contributed by atoms with E-state index < -0.39 is 35.7 Å². The molecule has 0 radical (unpaired) electrons. The van der Waals surface area contributed by atoms with Crippen LogP contribution in [0.5, 0.6) is 0 Å². The summed E-state index contributed by atoms with van der Waals surface area (Å²) in [4.78, 5) is 23.3. The van der Waals surface area contributed by atoms with Crippen molar-refractivity contribution in [3.63, 3.8) is 0 Å². The lowest BCUT2D eigenvalue weighted by atomic mass is 10.1. The van der Waals surface area contributed by atoms with Crippen LogP contribution in [0.2, 0.25) is 0 Å². The molecule has 1 N–H and O–H groups in total. The Morgan fingerprint density at radius 2 is 1.24 bits per heavy atom. The maximum atomic E-state index is 11.6. The second-order valence-electron chi connectivity index (χ2n) is 5.80. The van der Waals surface area contributed by atoms with Gasteiger partial charge in [0.2, 0.25) is 0 Å². The number of ether oxygens (including phenoxy) is 2. The molecule has 0 aliphatic heterocycles. The lowest BCUT2D eigenvalue weighted by molar-refractivity contribution is -0.176. The van der Waals surface area contributed by atoms with E-state index in [0.29, 0.717) is 0 Å². The monoisotopic (exact) mass is 246 g/mol. The van der Waals surface area contributed by atoms with Crippen LogP contribution in [0.15, 0.2) is 0 Å². The quantitative estimate of drug-likeness (QED) is 0.600. The number of aliphatic hydroxyl groups is 1. The molecule has 0 saturated carbocycles. The number of hydrogen-bond donors (Lipinski definition) is 1. The third-order valence-electron chi connectivity index (χ3n) is 1.57. The molecule has 0 heterocycles. The van der Waals surface area contributed by atoms with E-state index >= 15 is 0 Å². The predicted molar refractivity (Wildman–Crippen MR) is 62.3 cm³/mol. The van der Waals surface area contributed by atoms with Crippen molar-refractivity contribution in [1.29, 1.82) is 0 Å². The standard InChI is InChI=1S/C12H22O5/c1-11(2,3)16-9(14)8(7-13)10(15)17-12(4,5)6/h8,13H,7H2,1-6H3. The summed E-state index contributed by atoms with van der Waals surface area (Å²) in [6.07, 6.45) is 0. The molecule has 0 atom stereocenters. The Hall–Kier alpha value is -1.10. The highest BCUT2D eigenvalue weighted by atomic mass is 16.6. The van der Waals surface area contributed by atoms with E-state index in [0.717, 1.165) is 0 Å². The number of aliphatic hydroxyl groups excluding tert-OH is 1. The summed E-state index contributed by atoms with van der Waals surface area (Å²) in [6.45, 7) is 9.51. The number of esters is 2. The van der Waals surface area contributed by atoms with Crippen molar-refractivity contribution in [3.05, 3.63) is 0 Å². The average molecular weight is 246 g/mol. The zero-order valence-electron chi connectivity index (χ0n) is 11.4. The molecule has 0 rings (SSSR count). The van der Waals surface area contributed by atoms with Gasteiger partial charge in [0.15, 0.2) is 5.92 Å². The topological polar surface area (TPSA) is 72.8 Å². The van der Waals surface area contributed by atoms with E-state index in [4.69, 9.17) is 14.6 Å². The first-order valence-electron chi connectivity index (χ1n) is 5.53. The van der Waals surface area contributed by atoms with Crippen molar-refractivity contribution in [1.82, 2.24) is 0 Å². The molecule has 0 spiro atoms. The number of hydrogen-bond acceptors (Lipinski definition) is 5. The molecule has 0 amide bonds. The summed E-state index contributed by atoms with van der Waals surface area (Å²) in [7, 11) is 0. The van der Waals surface area contributed by atoms with Crippen molar-refractivity contribution >= 4 is 11.9 Å². The molecule has 0 unspecified atom stereocenters. The van der Waals surface area contributed by atoms with E-state index in [1.165, 1.54) is 0 Å². The molecule has 0 bridgehead atoms. The Morgan fingerprint density at radius 3 is 1.41 bits per heavy atom. The zero-order chi connectivity index (χ0) is 13.9. The lowest BCUT2D eigenvalue weighted by Gasteiger charge is -2.25. The van der Waals surface area contributed by atoms with Crippen LogP contribution in [0.3, 0.4) is 0 Å². The summed E-state index contributed by atoms with van der Waals surface area (Å²) in [5.74, 6) is -2.82. The van der Waals surface area contributed by atoms with Crippen LogP contribution in [0, 0.1) is 5.92 Å². The molecule has 0 saturated heterocycles. The molecular weight excluding hydrogens is 224 g/mol. The van der Waals surface area contributed by atoms with E-state index in [2.05, 4.69) is 0 Å². The van der Waals surface area contributed by atoms with Gasteiger partial charge in [0.05, 0.1) is 6.61 Å². The van der Waals surface area contributed by atoms with Crippen molar-refractivity contribution in [3.8, 4) is 0 Å². The van der Waals surface area contributed by atoms with Gasteiger partial charge in [-0.05, 0) is 41.5 Å². The fraction of sp³-hybridized carbons (Fsp3) is 0.833. The third-order valence-corrected chi connectivity index (χ3v) is 1.57. The summed E-state index contributed by atoms with van der Waals surface area (Å²) >= 11 is 0. The van der Waals surface area contributed by atoms with Crippen molar-refractivity contribution in [2.24, 2.45) is 5.92 Å². The van der Waals surface area contributed by atoms with Gasteiger partial charge in [0.1, 0.15) is 11.2 Å². The van der Waals surface area contributed by atoms with E-state index in [-0.39, 0.29) is 0 Å². The van der Waals surface area contributed by atoms with Gasteiger partial charge in [-0.2, -0.15) is 0 Å². The van der Waals surface area contributed by atoms with Crippen LogP contribution < -0.4 is 0 Å². The zero-order valence-corrected chi connectivity index (χ0v) is 11.4. The SMILES string of the molecule is CC(C)(C)OC(=O)C(CO)C(=O)OC(C)(C)C. The molecule has 0 aliphatic carbocycles. The van der Waals surface area contributed by atoms with Crippen molar-refractivity contribution < 1.29 is 24.2 Å². The fourth-order valence-corrected chi connectivity index (χ4v) is 0.991. The smallest absolute Gasteiger partial charge is 0.323 e. The van der Waals surface area contributed by atoms with Gasteiger partial charge in [-0.3, -0.25) is 9.59 Å². The first-order valence-corrected chi connectivity index (χ1v) is 5.53. The Morgan fingerprint density at radius 1 is 0.941 bits per heavy atom. The number of carbonyl (C=O) groups is 2. The molecule has 17 heavy (non-hydrogen) atoms. The van der Waals surface area contributed by atoms with E-state index in [9.17, 15) is 9.59 Å². The van der Waals surface area contributed by atoms with Gasteiger partial charge in [-0.15, -0.1) is 0 Å². The highest BCUT2D eigenvalue weighted by Crippen LogP contribution is 2.15. The molecule has 0 aromatic rings. The number of carbonyl (C=O) groups excluding carboxylic acids is 2. The van der Waals surface area contributed by atoms with E-state index in [1.54, 1.807) is 41.5 Å². The maximum absolute atomic E-state index is 11.6. The largest absolute Gasteiger partial charge is 0.459 e. The molecule has 0 aromatic carbocycles. The Labute approximate surface area is 102 Å².